The van der Waals surface area contributed by atoms with Crippen molar-refractivity contribution in [2.75, 3.05) is 11.1 Å². The Morgan fingerprint density at radius 3 is 2.52 bits per heavy atom. The van der Waals surface area contributed by atoms with E-state index in [2.05, 4.69) is 25.3 Å². The average Bonchev–Trinajstić information content (AvgIpc) is 2.71. The van der Waals surface area contributed by atoms with E-state index in [9.17, 15) is 0 Å². The van der Waals surface area contributed by atoms with Crippen LogP contribution in [0.3, 0.4) is 0 Å². The van der Waals surface area contributed by atoms with E-state index in [1.807, 2.05) is 42.5 Å². The van der Waals surface area contributed by atoms with Crippen molar-refractivity contribution in [3.8, 4) is 22.9 Å². The van der Waals surface area contributed by atoms with Crippen LogP contribution in [0.15, 0.2) is 79.5 Å². The molecule has 3 heterocycles. The van der Waals surface area contributed by atoms with Gasteiger partial charge in [-0.25, -0.2) is 19.9 Å². The molecule has 0 spiro atoms. The van der Waals surface area contributed by atoms with Gasteiger partial charge in [-0.15, -0.1) is 0 Å². The molecule has 0 radical (unpaired) electrons. The first-order chi connectivity index (χ1) is 13.3. The van der Waals surface area contributed by atoms with Crippen molar-refractivity contribution in [1.29, 1.82) is 0 Å². The summed E-state index contributed by atoms with van der Waals surface area (Å²) >= 11 is 0. The first-order valence-corrected chi connectivity index (χ1v) is 8.26. The lowest BCUT2D eigenvalue weighted by atomic mass is 10.2. The Balaban J connectivity index is 1.53. The molecule has 0 unspecified atom stereocenters. The van der Waals surface area contributed by atoms with Crippen LogP contribution in [0.25, 0.3) is 11.3 Å². The Morgan fingerprint density at radius 1 is 0.852 bits per heavy atom. The van der Waals surface area contributed by atoms with Crippen molar-refractivity contribution in [2.24, 2.45) is 0 Å². The Morgan fingerprint density at radius 2 is 1.74 bits per heavy atom. The topological polar surface area (TPSA) is 98.8 Å². The molecule has 0 aliphatic carbocycles. The number of hydrogen-bond donors (Lipinski definition) is 2. The average molecular weight is 356 g/mol. The first-order valence-electron chi connectivity index (χ1n) is 8.26. The van der Waals surface area contributed by atoms with Gasteiger partial charge in [0.2, 0.25) is 5.88 Å². The largest absolute Gasteiger partial charge is 0.438 e. The maximum absolute atomic E-state index is 5.95. The molecular formula is C20H16N6O. The van der Waals surface area contributed by atoms with Crippen LogP contribution in [0.1, 0.15) is 0 Å². The second-order valence-corrected chi connectivity index (χ2v) is 5.68. The Kier molecular flexibility index (Phi) is 4.57. The molecule has 3 aromatic heterocycles. The number of benzene rings is 1. The third kappa shape index (κ3) is 3.98. The van der Waals surface area contributed by atoms with Gasteiger partial charge in [-0.05, 0) is 48.5 Å². The van der Waals surface area contributed by atoms with Crippen LogP contribution >= 0.6 is 0 Å². The fourth-order valence-electron chi connectivity index (χ4n) is 2.50. The van der Waals surface area contributed by atoms with Crippen LogP contribution in [0.4, 0.5) is 17.2 Å². The van der Waals surface area contributed by atoms with E-state index in [0.717, 1.165) is 16.9 Å². The number of hydrogen-bond acceptors (Lipinski definition) is 7. The van der Waals surface area contributed by atoms with E-state index in [0.29, 0.717) is 23.1 Å². The lowest BCUT2D eigenvalue weighted by Crippen LogP contribution is -1.96. The molecule has 27 heavy (non-hydrogen) atoms. The molecule has 7 nitrogen and oxygen atoms in total. The summed E-state index contributed by atoms with van der Waals surface area (Å²) in [4.78, 5) is 16.8. The second-order valence-electron chi connectivity index (χ2n) is 5.68. The summed E-state index contributed by atoms with van der Waals surface area (Å²) in [6.45, 7) is 0. The predicted molar refractivity (Wildman–Crippen MR) is 104 cm³/mol. The van der Waals surface area contributed by atoms with Gasteiger partial charge < -0.3 is 15.8 Å². The number of nitrogens with one attached hydrogen (secondary N) is 1. The molecule has 0 saturated carbocycles. The van der Waals surface area contributed by atoms with E-state index in [1.54, 1.807) is 30.7 Å². The van der Waals surface area contributed by atoms with E-state index in [-0.39, 0.29) is 0 Å². The van der Waals surface area contributed by atoms with Crippen LogP contribution in [0, 0.1) is 0 Å². The number of rotatable bonds is 5. The molecule has 4 rings (SSSR count). The summed E-state index contributed by atoms with van der Waals surface area (Å²) in [6, 6.07) is 16.6. The third-order valence-electron chi connectivity index (χ3n) is 3.75. The number of nitrogen functional groups attached to an aromatic ring is 1. The minimum atomic E-state index is 0.481. The number of nitrogens with zero attached hydrogens (tertiary/aromatic N) is 4. The summed E-state index contributed by atoms with van der Waals surface area (Å²) in [5, 5.41) is 3.19. The monoisotopic (exact) mass is 356 g/mol. The number of aromatic nitrogens is 4. The molecule has 0 aliphatic heterocycles. The molecule has 7 heteroatoms. The van der Waals surface area contributed by atoms with Crippen LogP contribution in [-0.4, -0.2) is 19.9 Å². The van der Waals surface area contributed by atoms with Crippen LogP contribution in [0.5, 0.6) is 11.6 Å². The molecule has 0 aliphatic rings. The van der Waals surface area contributed by atoms with Gasteiger partial charge in [0.15, 0.2) is 0 Å². The van der Waals surface area contributed by atoms with Gasteiger partial charge in [-0.3, -0.25) is 0 Å². The Bertz CT molecular complexity index is 1040. The van der Waals surface area contributed by atoms with Gasteiger partial charge in [-0.1, -0.05) is 0 Å². The molecule has 0 bridgehead atoms. The van der Waals surface area contributed by atoms with Crippen molar-refractivity contribution < 1.29 is 4.74 Å². The van der Waals surface area contributed by atoms with Crippen molar-refractivity contribution >= 4 is 17.2 Å². The van der Waals surface area contributed by atoms with E-state index < -0.39 is 0 Å². The lowest BCUT2D eigenvalue weighted by molar-refractivity contribution is 0.465. The summed E-state index contributed by atoms with van der Waals surface area (Å²) in [5.41, 5.74) is 8.84. The van der Waals surface area contributed by atoms with Crippen molar-refractivity contribution in [1.82, 2.24) is 19.9 Å². The molecular weight excluding hydrogens is 340 g/mol. The highest BCUT2D eigenvalue weighted by Gasteiger charge is 2.09. The molecule has 1 aromatic carbocycles. The summed E-state index contributed by atoms with van der Waals surface area (Å²) in [7, 11) is 0. The van der Waals surface area contributed by atoms with Gasteiger partial charge in [-0.2, -0.15) is 0 Å². The van der Waals surface area contributed by atoms with Crippen molar-refractivity contribution in [3.63, 3.8) is 0 Å². The smallest absolute Gasteiger partial charge is 0.228 e. The van der Waals surface area contributed by atoms with Crippen LogP contribution in [-0.2, 0) is 0 Å². The maximum Gasteiger partial charge on any atom is 0.228 e. The van der Waals surface area contributed by atoms with Gasteiger partial charge in [0.05, 0.1) is 11.3 Å². The molecule has 0 atom stereocenters. The van der Waals surface area contributed by atoms with E-state index in [1.165, 1.54) is 6.33 Å². The molecule has 0 fully saturated rings. The van der Waals surface area contributed by atoms with Gasteiger partial charge in [0.1, 0.15) is 17.9 Å². The quantitative estimate of drug-likeness (QED) is 0.556. The standard InChI is InChI=1S/C20H16N6O/c21-14-7-11-23-19(12-14)26-15-3-5-16(6-4-15)27-20-17(2-1-9-24-20)18-8-10-22-13-25-18/h1-13H,(H3,21,23,26). The molecule has 4 aromatic rings. The van der Waals surface area contributed by atoms with Crippen LogP contribution < -0.4 is 15.8 Å². The molecule has 0 amide bonds. The normalized spacial score (nSPS) is 10.4. The SMILES string of the molecule is Nc1ccnc(Nc2ccc(Oc3ncccc3-c3ccncn3)cc2)c1. The Labute approximate surface area is 155 Å². The Hall–Kier alpha value is -4.00. The maximum atomic E-state index is 5.95. The number of pyridine rings is 2. The van der Waals surface area contributed by atoms with E-state index >= 15 is 0 Å². The number of ether oxygens (including phenoxy) is 1. The third-order valence-corrected chi connectivity index (χ3v) is 3.75. The zero-order valence-corrected chi connectivity index (χ0v) is 14.3. The van der Waals surface area contributed by atoms with Crippen molar-refractivity contribution in [3.05, 3.63) is 79.5 Å². The molecule has 3 N–H and O–H groups in total. The zero-order chi connectivity index (χ0) is 18.5. The minimum Gasteiger partial charge on any atom is -0.438 e. The highest BCUT2D eigenvalue weighted by Crippen LogP contribution is 2.30. The van der Waals surface area contributed by atoms with E-state index in [4.69, 9.17) is 10.5 Å². The number of anilines is 3. The first kappa shape index (κ1) is 16.5. The molecule has 0 saturated heterocycles. The molecule has 132 valence electrons. The van der Waals surface area contributed by atoms with Crippen LogP contribution in [0.2, 0.25) is 0 Å². The second kappa shape index (κ2) is 7.49. The van der Waals surface area contributed by atoms with Gasteiger partial charge >= 0.3 is 0 Å². The number of nitrogens with two attached hydrogens (primary N) is 1. The zero-order valence-electron chi connectivity index (χ0n) is 14.3. The predicted octanol–water partition coefficient (Wildman–Crippen LogP) is 4.05. The summed E-state index contributed by atoms with van der Waals surface area (Å²) < 4.78 is 5.95. The highest BCUT2D eigenvalue weighted by atomic mass is 16.5. The summed E-state index contributed by atoms with van der Waals surface area (Å²) in [6.07, 6.45) is 6.52. The van der Waals surface area contributed by atoms with Gasteiger partial charge in [0, 0.05) is 36.0 Å². The fourth-order valence-corrected chi connectivity index (χ4v) is 2.50. The minimum absolute atomic E-state index is 0.481. The fraction of sp³-hybridized carbons (Fsp3) is 0. The highest BCUT2D eigenvalue weighted by molar-refractivity contribution is 5.65. The lowest BCUT2D eigenvalue weighted by Gasteiger charge is -2.10. The van der Waals surface area contributed by atoms with Gasteiger partial charge in [0.25, 0.3) is 0 Å². The summed E-state index contributed by atoms with van der Waals surface area (Å²) in [5.74, 6) is 1.82. The van der Waals surface area contributed by atoms with Crippen molar-refractivity contribution in [2.45, 2.75) is 0 Å².